The third-order valence-corrected chi connectivity index (χ3v) is 7.38. The zero-order valence-corrected chi connectivity index (χ0v) is 18.9. The van der Waals surface area contributed by atoms with Gasteiger partial charge in [0.2, 0.25) is 0 Å². The number of benzene rings is 1. The molecule has 33 heavy (non-hydrogen) atoms. The Morgan fingerprint density at radius 3 is 2.76 bits per heavy atom. The summed E-state index contributed by atoms with van der Waals surface area (Å²) in [5, 5.41) is 4.64. The fourth-order valence-electron chi connectivity index (χ4n) is 5.62. The van der Waals surface area contributed by atoms with Crippen molar-refractivity contribution in [2.75, 3.05) is 13.2 Å². The second kappa shape index (κ2) is 8.75. The number of amides is 1. The molecule has 0 N–H and O–H groups in total. The number of carbonyl (C=O) groups is 1. The topological polar surface area (TPSA) is 60.2 Å². The molecule has 170 valence electrons. The van der Waals surface area contributed by atoms with Gasteiger partial charge < -0.3 is 9.64 Å². The van der Waals surface area contributed by atoms with Gasteiger partial charge >= 0.3 is 0 Å². The molecular formula is C27H30N4O2. The van der Waals surface area contributed by atoms with Crippen LogP contribution >= 0.6 is 0 Å². The average molecular weight is 443 g/mol. The monoisotopic (exact) mass is 442 g/mol. The molecule has 0 radical (unpaired) electrons. The zero-order valence-electron chi connectivity index (χ0n) is 18.9. The van der Waals surface area contributed by atoms with Crippen molar-refractivity contribution in [3.63, 3.8) is 0 Å². The number of fused-ring (bicyclic) bond motifs is 1. The summed E-state index contributed by atoms with van der Waals surface area (Å²) < 4.78 is 7.83. The van der Waals surface area contributed by atoms with Crippen LogP contribution in [0.15, 0.2) is 48.9 Å². The minimum Gasteiger partial charge on any atom is -0.376 e. The molecule has 1 amide bonds. The predicted octanol–water partition coefficient (Wildman–Crippen LogP) is 4.94. The van der Waals surface area contributed by atoms with Crippen LogP contribution < -0.4 is 0 Å². The molecule has 0 bridgehead atoms. The van der Waals surface area contributed by atoms with Gasteiger partial charge in [0.25, 0.3) is 5.91 Å². The van der Waals surface area contributed by atoms with E-state index in [2.05, 4.69) is 34.2 Å². The Kier molecular flexibility index (Phi) is 5.46. The van der Waals surface area contributed by atoms with Gasteiger partial charge in [-0.15, -0.1) is 0 Å². The van der Waals surface area contributed by atoms with Crippen molar-refractivity contribution in [3.8, 4) is 22.4 Å². The third kappa shape index (κ3) is 4.08. The summed E-state index contributed by atoms with van der Waals surface area (Å²) in [7, 11) is 0. The van der Waals surface area contributed by atoms with E-state index in [1.54, 1.807) is 0 Å². The summed E-state index contributed by atoms with van der Waals surface area (Å²) in [5.41, 5.74) is 5.87. The maximum atomic E-state index is 13.1. The fraction of sp³-hybridized carbons (Fsp3) is 0.444. The van der Waals surface area contributed by atoms with Crippen molar-refractivity contribution < 1.29 is 9.53 Å². The maximum absolute atomic E-state index is 13.1. The quantitative estimate of drug-likeness (QED) is 0.543. The van der Waals surface area contributed by atoms with Gasteiger partial charge in [-0.05, 0) is 49.3 Å². The molecule has 1 saturated heterocycles. The first-order valence-electron chi connectivity index (χ1n) is 12.3. The van der Waals surface area contributed by atoms with E-state index in [0.29, 0.717) is 13.1 Å². The second-order valence-corrected chi connectivity index (χ2v) is 9.69. The van der Waals surface area contributed by atoms with Crippen LogP contribution in [0.5, 0.6) is 0 Å². The molecule has 2 aromatic heterocycles. The minimum atomic E-state index is 0.101. The first-order valence-corrected chi connectivity index (χ1v) is 12.3. The Morgan fingerprint density at radius 1 is 1.00 bits per heavy atom. The summed E-state index contributed by atoms with van der Waals surface area (Å²) in [6, 6.07) is 10.3. The number of ether oxygens (including phenoxy) is 1. The number of hydrogen-bond acceptors (Lipinski definition) is 4. The van der Waals surface area contributed by atoms with Crippen molar-refractivity contribution >= 4 is 5.91 Å². The van der Waals surface area contributed by atoms with E-state index in [4.69, 9.17) is 9.72 Å². The largest absolute Gasteiger partial charge is 0.376 e. The molecule has 1 unspecified atom stereocenters. The van der Waals surface area contributed by atoms with Gasteiger partial charge in [-0.25, -0.2) is 0 Å². The molecule has 2 aliphatic heterocycles. The third-order valence-electron chi connectivity index (χ3n) is 7.38. The first kappa shape index (κ1) is 20.6. The first-order chi connectivity index (χ1) is 16.2. The Morgan fingerprint density at radius 2 is 1.91 bits per heavy atom. The number of carbonyl (C=O) groups excluding carboxylic acids is 1. The van der Waals surface area contributed by atoms with Crippen LogP contribution in [-0.2, 0) is 17.8 Å². The van der Waals surface area contributed by atoms with Crippen LogP contribution in [0.4, 0.5) is 0 Å². The summed E-state index contributed by atoms with van der Waals surface area (Å²) in [4.78, 5) is 19.8. The Labute approximate surface area is 194 Å². The lowest BCUT2D eigenvalue weighted by atomic mass is 9.98. The van der Waals surface area contributed by atoms with Crippen LogP contribution in [0.2, 0.25) is 0 Å². The summed E-state index contributed by atoms with van der Waals surface area (Å²) >= 11 is 0. The second-order valence-electron chi connectivity index (χ2n) is 9.69. The molecular weight excluding hydrogens is 412 g/mol. The highest BCUT2D eigenvalue weighted by atomic mass is 16.5. The molecule has 2 fully saturated rings. The zero-order chi connectivity index (χ0) is 22.2. The molecule has 3 aliphatic rings. The van der Waals surface area contributed by atoms with Gasteiger partial charge in [-0.2, -0.15) is 5.10 Å². The van der Waals surface area contributed by atoms with E-state index >= 15 is 0 Å². The number of rotatable bonds is 6. The lowest BCUT2D eigenvalue weighted by Crippen LogP contribution is -2.32. The highest BCUT2D eigenvalue weighted by molar-refractivity contribution is 6.00. The van der Waals surface area contributed by atoms with E-state index in [1.165, 1.54) is 25.7 Å². The maximum Gasteiger partial charge on any atom is 0.254 e. The number of aromatic nitrogens is 3. The van der Waals surface area contributed by atoms with Gasteiger partial charge in [-0.1, -0.05) is 31.0 Å². The van der Waals surface area contributed by atoms with Crippen LogP contribution in [0.1, 0.15) is 54.4 Å². The van der Waals surface area contributed by atoms with Gasteiger partial charge in [0.1, 0.15) is 0 Å². The molecule has 1 saturated carbocycles. The van der Waals surface area contributed by atoms with Crippen LogP contribution in [0.25, 0.3) is 22.4 Å². The number of nitrogens with zero attached hydrogens (tertiary/aromatic N) is 4. The smallest absolute Gasteiger partial charge is 0.254 e. The van der Waals surface area contributed by atoms with Crippen molar-refractivity contribution in [1.29, 1.82) is 0 Å². The van der Waals surface area contributed by atoms with Crippen molar-refractivity contribution in [2.45, 2.75) is 57.7 Å². The van der Waals surface area contributed by atoms with Crippen LogP contribution in [0.3, 0.4) is 0 Å². The van der Waals surface area contributed by atoms with Crippen molar-refractivity contribution in [3.05, 3.63) is 60.0 Å². The van der Waals surface area contributed by atoms with E-state index < -0.39 is 0 Å². The number of hydrogen-bond donors (Lipinski definition) is 0. The molecule has 1 aliphatic carbocycles. The van der Waals surface area contributed by atoms with Gasteiger partial charge in [0.05, 0.1) is 18.0 Å². The number of pyridine rings is 1. The Bertz CT molecular complexity index is 1160. The normalized spacial score (nSPS) is 20.7. The Hall–Kier alpha value is -2.99. The molecule has 6 nitrogen and oxygen atoms in total. The van der Waals surface area contributed by atoms with Gasteiger partial charge in [0.15, 0.2) is 0 Å². The van der Waals surface area contributed by atoms with E-state index in [1.807, 2.05) is 29.4 Å². The molecule has 0 spiro atoms. The highest BCUT2D eigenvalue weighted by Crippen LogP contribution is 2.34. The minimum absolute atomic E-state index is 0.101. The Balaban J connectivity index is 1.26. The van der Waals surface area contributed by atoms with Crippen LogP contribution in [0, 0.1) is 5.92 Å². The lowest BCUT2D eigenvalue weighted by molar-refractivity contribution is 0.0545. The predicted molar refractivity (Wildman–Crippen MR) is 127 cm³/mol. The van der Waals surface area contributed by atoms with Gasteiger partial charge in [-0.3, -0.25) is 14.5 Å². The molecule has 3 aromatic rings. The van der Waals surface area contributed by atoms with Gasteiger partial charge in [0, 0.05) is 60.9 Å². The summed E-state index contributed by atoms with van der Waals surface area (Å²) in [6.45, 7) is 3.14. The van der Waals surface area contributed by atoms with Crippen molar-refractivity contribution in [1.82, 2.24) is 19.7 Å². The van der Waals surface area contributed by atoms with E-state index in [9.17, 15) is 4.79 Å². The molecule has 6 heteroatoms. The average Bonchev–Trinajstić information content (AvgIpc) is 3.65. The van der Waals surface area contributed by atoms with E-state index in [-0.39, 0.29) is 12.0 Å². The molecule has 1 atom stereocenters. The molecule has 6 rings (SSSR count). The fourth-order valence-corrected chi connectivity index (χ4v) is 5.62. The van der Waals surface area contributed by atoms with Crippen molar-refractivity contribution in [2.24, 2.45) is 5.92 Å². The standard InChI is InChI=1S/C27H30N4O2/c32-27-25-13-20(9-10-21(25)16-30(27)18-23-7-4-12-33-23)26-24(8-3-11-28-26)22-14-29-31(17-22)15-19-5-1-2-6-19/h3,8-11,13-14,17,19,23H,1-2,4-7,12,15-16,18H2. The summed E-state index contributed by atoms with van der Waals surface area (Å²) in [5.74, 6) is 0.843. The molecule has 1 aromatic carbocycles. The van der Waals surface area contributed by atoms with Crippen LogP contribution in [-0.4, -0.2) is 44.8 Å². The highest BCUT2D eigenvalue weighted by Gasteiger charge is 2.31. The lowest BCUT2D eigenvalue weighted by Gasteiger charge is -2.19. The van der Waals surface area contributed by atoms with E-state index in [0.717, 1.165) is 65.4 Å². The summed E-state index contributed by atoms with van der Waals surface area (Å²) in [6.07, 6.45) is 13.5. The molecule has 4 heterocycles. The SMILES string of the molecule is O=C1c2cc(-c3ncccc3-c3cnn(CC4CCCC4)c3)ccc2CN1CC1CCCO1.